The lowest BCUT2D eigenvalue weighted by atomic mass is 10.1. The zero-order valence-corrected chi connectivity index (χ0v) is 17.4. The molecule has 2 aromatic heterocycles. The number of carbonyl (C=O) groups is 2. The molecule has 0 saturated carbocycles. The van der Waals surface area contributed by atoms with Crippen LogP contribution in [0, 0.1) is 6.92 Å². The molecule has 0 radical (unpaired) electrons. The molecule has 3 heterocycles. The van der Waals surface area contributed by atoms with Crippen LogP contribution in [0.2, 0.25) is 0 Å². The van der Waals surface area contributed by atoms with E-state index in [1.165, 1.54) is 51.9 Å². The average molecular weight is 457 g/mol. The van der Waals surface area contributed by atoms with E-state index < -0.39 is 23.6 Å². The van der Waals surface area contributed by atoms with Gasteiger partial charge >= 0.3 is 6.18 Å². The summed E-state index contributed by atoms with van der Waals surface area (Å²) < 4.78 is 40.5. The molecular weight excluding hydrogens is 439 g/mol. The third-order valence-corrected chi connectivity index (χ3v) is 4.84. The van der Waals surface area contributed by atoms with E-state index in [9.17, 15) is 22.8 Å². The van der Waals surface area contributed by atoms with E-state index in [1.807, 2.05) is 0 Å². The van der Waals surface area contributed by atoms with Gasteiger partial charge in [-0.3, -0.25) is 14.6 Å². The number of hydrazine groups is 1. The second kappa shape index (κ2) is 8.81. The van der Waals surface area contributed by atoms with Crippen LogP contribution in [0.3, 0.4) is 0 Å². The van der Waals surface area contributed by atoms with Crippen LogP contribution >= 0.6 is 0 Å². The van der Waals surface area contributed by atoms with Crippen molar-refractivity contribution in [2.24, 2.45) is 0 Å². The maximum atomic E-state index is 13.1. The Balaban J connectivity index is 1.49. The van der Waals surface area contributed by atoms with Gasteiger partial charge in [-0.05, 0) is 37.1 Å². The highest BCUT2D eigenvalue weighted by Gasteiger charge is 2.32. The van der Waals surface area contributed by atoms with E-state index in [2.05, 4.69) is 20.1 Å². The van der Waals surface area contributed by atoms with Gasteiger partial charge in [-0.15, -0.1) is 5.10 Å². The minimum absolute atomic E-state index is 0.0851. The van der Waals surface area contributed by atoms with Crippen LogP contribution in [0.4, 0.5) is 13.2 Å². The first-order valence-electron chi connectivity index (χ1n) is 9.90. The lowest BCUT2D eigenvalue weighted by Crippen LogP contribution is -2.44. The van der Waals surface area contributed by atoms with Gasteiger partial charge in [-0.1, -0.05) is 0 Å². The Hall–Kier alpha value is -4.09. The number of hydrogen-bond donors (Lipinski definition) is 0. The number of amides is 2. The Labute approximate surface area is 186 Å². The van der Waals surface area contributed by atoms with E-state index >= 15 is 0 Å². The number of halogens is 3. The van der Waals surface area contributed by atoms with E-state index in [1.54, 1.807) is 13.0 Å². The van der Waals surface area contributed by atoms with Crippen molar-refractivity contribution in [2.45, 2.75) is 19.5 Å². The standard InChI is InChI=1S/C21H18F3N7O2/c1-14-9-15(11-16(10-14)21(22,23)24)19-27-13-29(28-19)8-3-18(32)30-6-2-7-31(30)20(33)17-12-25-4-5-26-17/h3-5,8-13H,2,6-7H2,1H3/b8-3-. The molecule has 0 unspecified atom stereocenters. The zero-order valence-electron chi connectivity index (χ0n) is 17.4. The Kier molecular flexibility index (Phi) is 5.90. The molecule has 4 rings (SSSR count). The molecule has 1 fully saturated rings. The number of carbonyl (C=O) groups excluding carboxylic acids is 2. The van der Waals surface area contributed by atoms with Crippen LogP contribution in [0.1, 0.15) is 28.0 Å². The van der Waals surface area contributed by atoms with Crippen molar-refractivity contribution in [3.05, 3.63) is 66.0 Å². The molecule has 0 spiro atoms. The number of benzene rings is 1. The molecule has 0 N–H and O–H groups in total. The topological polar surface area (TPSA) is 97.1 Å². The summed E-state index contributed by atoms with van der Waals surface area (Å²) in [6.45, 7) is 2.26. The third kappa shape index (κ3) is 4.89. The third-order valence-electron chi connectivity index (χ3n) is 4.84. The fourth-order valence-corrected chi connectivity index (χ4v) is 3.37. The lowest BCUT2D eigenvalue weighted by molar-refractivity contribution is -0.137. The first-order valence-corrected chi connectivity index (χ1v) is 9.90. The minimum Gasteiger partial charge on any atom is -0.268 e. The van der Waals surface area contributed by atoms with Crippen molar-refractivity contribution in [3.63, 3.8) is 0 Å². The summed E-state index contributed by atoms with van der Waals surface area (Å²) in [5.41, 5.74) is -0.0372. The van der Waals surface area contributed by atoms with Gasteiger partial charge in [0.15, 0.2) is 5.82 Å². The highest BCUT2D eigenvalue weighted by molar-refractivity contribution is 5.96. The molecule has 0 bridgehead atoms. The maximum absolute atomic E-state index is 13.1. The Morgan fingerprint density at radius 3 is 2.58 bits per heavy atom. The smallest absolute Gasteiger partial charge is 0.268 e. The fraction of sp³-hybridized carbons (Fsp3) is 0.238. The Morgan fingerprint density at radius 1 is 1.06 bits per heavy atom. The zero-order chi connectivity index (χ0) is 23.6. The molecule has 0 atom stereocenters. The lowest BCUT2D eigenvalue weighted by Gasteiger charge is -2.26. The van der Waals surface area contributed by atoms with E-state index in [0.717, 1.165) is 12.1 Å². The predicted octanol–water partition coefficient (Wildman–Crippen LogP) is 2.82. The summed E-state index contributed by atoms with van der Waals surface area (Å²) >= 11 is 0. The number of hydrogen-bond acceptors (Lipinski definition) is 6. The fourth-order valence-electron chi connectivity index (χ4n) is 3.37. The summed E-state index contributed by atoms with van der Waals surface area (Å²) in [7, 11) is 0. The molecule has 2 amide bonds. The van der Waals surface area contributed by atoms with Gasteiger partial charge in [0.25, 0.3) is 11.8 Å². The van der Waals surface area contributed by atoms with Crippen molar-refractivity contribution in [1.82, 2.24) is 34.8 Å². The van der Waals surface area contributed by atoms with Crippen molar-refractivity contribution in [2.75, 3.05) is 13.1 Å². The molecule has 9 nitrogen and oxygen atoms in total. The van der Waals surface area contributed by atoms with Crippen molar-refractivity contribution in [1.29, 1.82) is 0 Å². The van der Waals surface area contributed by atoms with Gasteiger partial charge < -0.3 is 0 Å². The second-order valence-corrected chi connectivity index (χ2v) is 7.28. The highest BCUT2D eigenvalue weighted by atomic mass is 19.4. The molecule has 12 heteroatoms. The van der Waals surface area contributed by atoms with Crippen LogP contribution in [0.5, 0.6) is 0 Å². The molecule has 1 aliphatic heterocycles. The average Bonchev–Trinajstić information content (AvgIpc) is 3.46. The quantitative estimate of drug-likeness (QED) is 0.559. The van der Waals surface area contributed by atoms with Crippen LogP contribution in [-0.4, -0.2) is 59.7 Å². The van der Waals surface area contributed by atoms with E-state index in [0.29, 0.717) is 25.1 Å². The molecule has 1 saturated heterocycles. The van der Waals surface area contributed by atoms with Gasteiger partial charge in [0.1, 0.15) is 12.0 Å². The largest absolute Gasteiger partial charge is 0.416 e. The van der Waals surface area contributed by atoms with Gasteiger partial charge in [0, 0.05) is 43.3 Å². The number of aryl methyl sites for hydroxylation is 1. The normalized spacial score (nSPS) is 14.3. The molecule has 170 valence electrons. The molecule has 33 heavy (non-hydrogen) atoms. The summed E-state index contributed by atoms with van der Waals surface area (Å²) in [4.78, 5) is 37.2. The molecular formula is C21H18F3N7O2. The highest BCUT2D eigenvalue weighted by Crippen LogP contribution is 2.32. The SMILES string of the molecule is Cc1cc(-c2ncn(/C=C\C(=O)N3CCCN3C(=O)c3cnccn3)n2)cc(C(F)(F)F)c1. The molecule has 3 aromatic rings. The number of aromatic nitrogens is 5. The maximum Gasteiger partial charge on any atom is 0.416 e. The van der Waals surface area contributed by atoms with Crippen molar-refractivity contribution >= 4 is 18.0 Å². The minimum atomic E-state index is -4.49. The summed E-state index contributed by atoms with van der Waals surface area (Å²) in [6.07, 6.45) is 4.09. The predicted molar refractivity (Wildman–Crippen MR) is 110 cm³/mol. The first kappa shape index (κ1) is 22.1. The van der Waals surface area contributed by atoms with Crippen molar-refractivity contribution < 1.29 is 22.8 Å². The van der Waals surface area contributed by atoms with Gasteiger partial charge in [-0.2, -0.15) is 13.2 Å². The molecule has 1 aromatic carbocycles. The van der Waals surface area contributed by atoms with Crippen LogP contribution in [0.25, 0.3) is 17.6 Å². The molecule has 0 aliphatic carbocycles. The summed E-state index contributed by atoms with van der Waals surface area (Å²) in [5.74, 6) is -0.816. The Morgan fingerprint density at radius 2 is 1.85 bits per heavy atom. The second-order valence-electron chi connectivity index (χ2n) is 7.28. The van der Waals surface area contributed by atoms with Crippen LogP contribution in [-0.2, 0) is 11.0 Å². The van der Waals surface area contributed by atoms with Crippen LogP contribution < -0.4 is 0 Å². The van der Waals surface area contributed by atoms with Crippen LogP contribution in [0.15, 0.2) is 49.2 Å². The summed E-state index contributed by atoms with van der Waals surface area (Å²) in [5, 5.41) is 6.72. The van der Waals surface area contributed by atoms with Gasteiger partial charge in [-0.25, -0.2) is 24.7 Å². The number of rotatable bonds is 4. The van der Waals surface area contributed by atoms with E-state index in [-0.39, 0.29) is 17.1 Å². The summed E-state index contributed by atoms with van der Waals surface area (Å²) in [6, 6.07) is 3.56. The van der Waals surface area contributed by atoms with Gasteiger partial charge in [0.05, 0.1) is 11.8 Å². The monoisotopic (exact) mass is 457 g/mol. The van der Waals surface area contributed by atoms with Gasteiger partial charge in [0.2, 0.25) is 0 Å². The van der Waals surface area contributed by atoms with E-state index in [4.69, 9.17) is 0 Å². The van der Waals surface area contributed by atoms with Crippen molar-refractivity contribution in [3.8, 4) is 11.4 Å². The first-order chi connectivity index (χ1) is 15.7. The number of alkyl halides is 3. The molecule has 1 aliphatic rings. The Bertz CT molecular complexity index is 1210. The number of nitrogens with zero attached hydrogens (tertiary/aromatic N) is 7.